The lowest BCUT2D eigenvalue weighted by molar-refractivity contribution is -0.142. The van der Waals surface area contributed by atoms with Crippen LogP contribution in [-0.4, -0.2) is 17.6 Å². The second-order valence-corrected chi connectivity index (χ2v) is 4.65. The Morgan fingerprint density at radius 1 is 1.37 bits per heavy atom. The molecule has 0 fully saturated rings. The highest BCUT2D eigenvalue weighted by Gasteiger charge is 2.15. The first kappa shape index (κ1) is 13.6. The molecule has 2 rings (SSSR count). The van der Waals surface area contributed by atoms with E-state index in [-0.39, 0.29) is 17.7 Å². The molecular formula is C13H11F2NO2S. The average Bonchev–Trinajstić information content (AvgIpc) is 2.77. The van der Waals surface area contributed by atoms with E-state index in [0.29, 0.717) is 11.6 Å². The molecule has 1 heterocycles. The number of rotatable bonds is 4. The number of hydrogen-bond donors (Lipinski definition) is 0. The van der Waals surface area contributed by atoms with Crippen LogP contribution in [0.3, 0.4) is 0 Å². The van der Waals surface area contributed by atoms with E-state index in [1.807, 2.05) is 0 Å². The highest BCUT2D eigenvalue weighted by molar-refractivity contribution is 7.10. The second kappa shape index (κ2) is 5.88. The smallest absolute Gasteiger partial charge is 0.312 e. The van der Waals surface area contributed by atoms with Crippen LogP contribution in [0.2, 0.25) is 0 Å². The van der Waals surface area contributed by atoms with Crippen molar-refractivity contribution < 1.29 is 18.3 Å². The van der Waals surface area contributed by atoms with Crippen molar-refractivity contribution >= 4 is 17.3 Å². The Hall–Kier alpha value is -1.82. The van der Waals surface area contributed by atoms with Crippen LogP contribution in [0, 0.1) is 11.6 Å². The molecule has 0 aliphatic rings. The standard InChI is InChI=1S/C13H11F2NO2S/c1-2-18-12(17)6-11-16-10(7-19-11)13-8(14)4-3-5-9(13)15/h3-5,7H,2,6H2,1H3. The predicted molar refractivity (Wildman–Crippen MR) is 67.8 cm³/mol. The molecule has 0 N–H and O–H groups in total. The Labute approximate surface area is 112 Å². The number of nitrogens with zero attached hydrogens (tertiary/aromatic N) is 1. The topological polar surface area (TPSA) is 39.2 Å². The molecule has 0 bridgehead atoms. The van der Waals surface area contributed by atoms with Crippen LogP contribution in [-0.2, 0) is 16.0 Å². The molecule has 19 heavy (non-hydrogen) atoms. The number of halogens is 2. The minimum absolute atomic E-state index is 0.00851. The van der Waals surface area contributed by atoms with Gasteiger partial charge in [0.2, 0.25) is 0 Å². The van der Waals surface area contributed by atoms with E-state index in [4.69, 9.17) is 4.74 Å². The average molecular weight is 283 g/mol. The van der Waals surface area contributed by atoms with Gasteiger partial charge in [-0.1, -0.05) is 6.07 Å². The van der Waals surface area contributed by atoms with Crippen molar-refractivity contribution in [3.05, 3.63) is 40.2 Å². The fraction of sp³-hybridized carbons (Fsp3) is 0.231. The maximum absolute atomic E-state index is 13.6. The van der Waals surface area contributed by atoms with Crippen LogP contribution in [0.25, 0.3) is 11.3 Å². The summed E-state index contributed by atoms with van der Waals surface area (Å²) in [6.07, 6.45) is 0.00851. The van der Waals surface area contributed by atoms with E-state index in [1.165, 1.54) is 34.9 Å². The highest BCUT2D eigenvalue weighted by atomic mass is 32.1. The number of esters is 1. The third kappa shape index (κ3) is 3.14. The van der Waals surface area contributed by atoms with Crippen molar-refractivity contribution in [1.29, 1.82) is 0 Å². The van der Waals surface area contributed by atoms with E-state index in [9.17, 15) is 13.6 Å². The first-order chi connectivity index (χ1) is 9.11. The quantitative estimate of drug-likeness (QED) is 0.809. The van der Waals surface area contributed by atoms with E-state index >= 15 is 0 Å². The third-order valence-electron chi connectivity index (χ3n) is 2.37. The molecule has 100 valence electrons. The molecule has 6 heteroatoms. The molecule has 1 aromatic heterocycles. The number of ether oxygens (including phenoxy) is 1. The van der Waals surface area contributed by atoms with Crippen molar-refractivity contribution in [2.75, 3.05) is 6.61 Å². The Morgan fingerprint density at radius 2 is 2.05 bits per heavy atom. The lowest BCUT2D eigenvalue weighted by Gasteiger charge is -2.01. The summed E-state index contributed by atoms with van der Waals surface area (Å²) in [5, 5.41) is 1.99. The first-order valence-electron chi connectivity index (χ1n) is 5.66. The summed E-state index contributed by atoms with van der Waals surface area (Å²) in [7, 11) is 0. The summed E-state index contributed by atoms with van der Waals surface area (Å²) in [4.78, 5) is 15.4. The number of carbonyl (C=O) groups excluding carboxylic acids is 1. The maximum atomic E-state index is 13.6. The van der Waals surface area contributed by atoms with Crippen molar-refractivity contribution in [2.24, 2.45) is 0 Å². The lowest BCUT2D eigenvalue weighted by Crippen LogP contribution is -2.07. The summed E-state index contributed by atoms with van der Waals surface area (Å²) in [5.74, 6) is -1.75. The van der Waals surface area contributed by atoms with Gasteiger partial charge in [-0.25, -0.2) is 13.8 Å². The highest BCUT2D eigenvalue weighted by Crippen LogP contribution is 2.27. The monoisotopic (exact) mass is 283 g/mol. The predicted octanol–water partition coefficient (Wildman–Crippen LogP) is 3.19. The second-order valence-electron chi connectivity index (χ2n) is 3.70. The summed E-state index contributed by atoms with van der Waals surface area (Å²) >= 11 is 1.17. The van der Waals surface area contributed by atoms with E-state index < -0.39 is 17.6 Å². The molecule has 2 aromatic rings. The third-order valence-corrected chi connectivity index (χ3v) is 3.22. The van der Waals surface area contributed by atoms with Crippen molar-refractivity contribution in [3.8, 4) is 11.3 Å². The van der Waals surface area contributed by atoms with Crippen LogP contribution in [0.4, 0.5) is 8.78 Å². The van der Waals surface area contributed by atoms with Gasteiger partial charge in [-0.05, 0) is 19.1 Å². The Morgan fingerprint density at radius 3 is 2.68 bits per heavy atom. The normalized spacial score (nSPS) is 10.5. The van der Waals surface area contributed by atoms with E-state index in [2.05, 4.69) is 4.98 Å². The van der Waals surface area contributed by atoms with Gasteiger partial charge in [0.1, 0.15) is 16.6 Å². The molecule has 0 radical (unpaired) electrons. The largest absolute Gasteiger partial charge is 0.466 e. The van der Waals surface area contributed by atoms with Gasteiger partial charge < -0.3 is 4.74 Å². The number of aromatic nitrogens is 1. The molecule has 0 unspecified atom stereocenters. The van der Waals surface area contributed by atoms with Crippen LogP contribution < -0.4 is 0 Å². The zero-order valence-electron chi connectivity index (χ0n) is 10.2. The summed E-state index contributed by atoms with van der Waals surface area (Å²) in [6, 6.07) is 3.63. The maximum Gasteiger partial charge on any atom is 0.312 e. The minimum atomic E-state index is -0.673. The van der Waals surface area contributed by atoms with Gasteiger partial charge in [-0.2, -0.15) is 0 Å². The SMILES string of the molecule is CCOC(=O)Cc1nc(-c2c(F)cccc2F)cs1. The fourth-order valence-electron chi connectivity index (χ4n) is 1.58. The van der Waals surface area contributed by atoms with Gasteiger partial charge in [0.05, 0.1) is 24.3 Å². The van der Waals surface area contributed by atoms with Gasteiger partial charge in [0, 0.05) is 5.38 Å². The molecule has 3 nitrogen and oxygen atoms in total. The van der Waals surface area contributed by atoms with Crippen molar-refractivity contribution in [1.82, 2.24) is 4.98 Å². The van der Waals surface area contributed by atoms with Gasteiger partial charge >= 0.3 is 5.97 Å². The molecule has 0 saturated carbocycles. The van der Waals surface area contributed by atoms with Crippen LogP contribution in [0.1, 0.15) is 11.9 Å². The molecule has 0 aliphatic carbocycles. The van der Waals surface area contributed by atoms with Gasteiger partial charge in [-0.15, -0.1) is 11.3 Å². The number of hydrogen-bond acceptors (Lipinski definition) is 4. The van der Waals surface area contributed by atoms with Gasteiger partial charge in [0.25, 0.3) is 0 Å². The Kier molecular flexibility index (Phi) is 4.21. The molecule has 1 aromatic carbocycles. The van der Waals surface area contributed by atoms with Crippen LogP contribution in [0.5, 0.6) is 0 Å². The number of thiazole rings is 1. The fourth-order valence-corrected chi connectivity index (χ4v) is 2.36. The van der Waals surface area contributed by atoms with Crippen molar-refractivity contribution in [3.63, 3.8) is 0 Å². The van der Waals surface area contributed by atoms with Crippen molar-refractivity contribution in [2.45, 2.75) is 13.3 Å². The van der Waals surface area contributed by atoms with Crippen LogP contribution in [0.15, 0.2) is 23.6 Å². The van der Waals surface area contributed by atoms with E-state index in [1.54, 1.807) is 6.92 Å². The van der Waals surface area contributed by atoms with Gasteiger partial charge in [-0.3, -0.25) is 4.79 Å². The zero-order valence-corrected chi connectivity index (χ0v) is 11.0. The molecule has 0 amide bonds. The Balaban J connectivity index is 2.24. The Bertz CT molecular complexity index is 578. The number of benzene rings is 1. The lowest BCUT2D eigenvalue weighted by atomic mass is 10.1. The summed E-state index contributed by atoms with van der Waals surface area (Å²) in [6.45, 7) is 2.00. The molecule has 0 spiro atoms. The summed E-state index contributed by atoms with van der Waals surface area (Å²) in [5.41, 5.74) is 0.0220. The van der Waals surface area contributed by atoms with Gasteiger partial charge in [0.15, 0.2) is 0 Å². The molecule has 0 atom stereocenters. The molecular weight excluding hydrogens is 272 g/mol. The molecule has 0 saturated heterocycles. The van der Waals surface area contributed by atoms with E-state index in [0.717, 1.165) is 0 Å². The number of carbonyl (C=O) groups is 1. The first-order valence-corrected chi connectivity index (χ1v) is 6.54. The molecule has 0 aliphatic heterocycles. The van der Waals surface area contributed by atoms with Crippen LogP contribution >= 0.6 is 11.3 Å². The zero-order chi connectivity index (χ0) is 13.8. The summed E-state index contributed by atoms with van der Waals surface area (Å²) < 4.78 is 31.9. The minimum Gasteiger partial charge on any atom is -0.466 e.